The molecule has 0 aromatic rings. The second-order valence-electron chi connectivity index (χ2n) is 2.54. The van der Waals surface area contributed by atoms with E-state index in [1.165, 1.54) is 6.54 Å². The van der Waals surface area contributed by atoms with E-state index in [2.05, 4.69) is 10.2 Å². The predicted octanol–water partition coefficient (Wildman–Crippen LogP) is -1.44. The number of nitrogens with one attached hydrogen (secondary N) is 1. The summed E-state index contributed by atoms with van der Waals surface area (Å²) in [5, 5.41) is 3.31. The molecule has 0 aromatic carbocycles. The SMILES string of the molecule is NCN1CC2NCC21. The van der Waals surface area contributed by atoms with Crippen LogP contribution in [-0.4, -0.2) is 36.7 Å². The number of likely N-dealkylation sites (tertiary alicyclic amines) is 1. The van der Waals surface area contributed by atoms with Gasteiger partial charge < -0.3 is 11.1 Å². The van der Waals surface area contributed by atoms with Crippen molar-refractivity contribution < 1.29 is 0 Å². The van der Waals surface area contributed by atoms with Crippen molar-refractivity contribution in [1.82, 2.24) is 10.2 Å². The standard InChI is InChI=1S/C5H11N3/c6-3-8-2-4-5(8)1-7-4/h4-5,7H,1-3,6H2. The molecule has 3 nitrogen and oxygen atoms in total. The lowest BCUT2D eigenvalue weighted by Crippen LogP contribution is -2.78. The Morgan fingerprint density at radius 3 is 2.75 bits per heavy atom. The summed E-state index contributed by atoms with van der Waals surface area (Å²) in [6.07, 6.45) is 0. The van der Waals surface area contributed by atoms with E-state index in [1.807, 2.05) is 0 Å². The molecule has 8 heavy (non-hydrogen) atoms. The maximum absolute atomic E-state index is 5.42. The number of hydrogen-bond donors (Lipinski definition) is 2. The average Bonchev–Trinajstić information content (AvgIpc) is 1.76. The van der Waals surface area contributed by atoms with Crippen LogP contribution in [0.3, 0.4) is 0 Å². The molecule has 2 aliphatic rings. The van der Waals surface area contributed by atoms with Crippen LogP contribution in [0, 0.1) is 0 Å². The van der Waals surface area contributed by atoms with Crippen LogP contribution >= 0.6 is 0 Å². The van der Waals surface area contributed by atoms with Crippen LogP contribution in [0.1, 0.15) is 0 Å². The lowest BCUT2D eigenvalue weighted by Gasteiger charge is -2.55. The maximum Gasteiger partial charge on any atom is 0.0459 e. The molecular formula is C5H11N3. The Hall–Kier alpha value is -0.120. The number of rotatable bonds is 1. The van der Waals surface area contributed by atoms with Crippen molar-refractivity contribution in [2.75, 3.05) is 19.8 Å². The van der Waals surface area contributed by atoms with E-state index in [9.17, 15) is 0 Å². The van der Waals surface area contributed by atoms with Gasteiger partial charge in [-0.05, 0) is 0 Å². The molecule has 46 valence electrons. The van der Waals surface area contributed by atoms with Gasteiger partial charge in [0.25, 0.3) is 0 Å². The van der Waals surface area contributed by atoms with Gasteiger partial charge in [-0.15, -0.1) is 0 Å². The van der Waals surface area contributed by atoms with Crippen molar-refractivity contribution in [2.45, 2.75) is 12.1 Å². The smallest absolute Gasteiger partial charge is 0.0459 e. The minimum absolute atomic E-state index is 0.739. The quantitative estimate of drug-likeness (QED) is 0.437. The summed E-state index contributed by atoms with van der Waals surface area (Å²) in [5.41, 5.74) is 5.42. The third kappa shape index (κ3) is 0.393. The number of fused-ring (bicyclic) bond motifs is 1. The molecule has 2 atom stereocenters. The van der Waals surface area contributed by atoms with Crippen LogP contribution in [0.25, 0.3) is 0 Å². The van der Waals surface area contributed by atoms with Crippen LogP contribution in [-0.2, 0) is 0 Å². The fourth-order valence-electron chi connectivity index (χ4n) is 1.42. The zero-order valence-corrected chi connectivity index (χ0v) is 4.80. The van der Waals surface area contributed by atoms with Crippen molar-refractivity contribution >= 4 is 0 Å². The molecule has 2 aliphatic heterocycles. The monoisotopic (exact) mass is 113 g/mol. The zero-order chi connectivity index (χ0) is 5.56. The van der Waals surface area contributed by atoms with Gasteiger partial charge in [0.15, 0.2) is 0 Å². The highest BCUT2D eigenvalue weighted by Crippen LogP contribution is 2.22. The Kier molecular flexibility index (Phi) is 0.848. The highest BCUT2D eigenvalue weighted by molar-refractivity contribution is 5.05. The second kappa shape index (κ2) is 1.43. The molecule has 0 radical (unpaired) electrons. The predicted molar refractivity (Wildman–Crippen MR) is 31.3 cm³/mol. The van der Waals surface area contributed by atoms with Crippen LogP contribution in [0.4, 0.5) is 0 Å². The first kappa shape index (κ1) is 4.73. The number of hydrogen-bond acceptors (Lipinski definition) is 3. The van der Waals surface area contributed by atoms with E-state index < -0.39 is 0 Å². The molecule has 2 fully saturated rings. The fourth-order valence-corrected chi connectivity index (χ4v) is 1.42. The van der Waals surface area contributed by atoms with E-state index in [1.54, 1.807) is 0 Å². The molecule has 2 saturated heterocycles. The number of nitrogens with two attached hydrogens (primary N) is 1. The summed E-state index contributed by atoms with van der Waals surface area (Å²) >= 11 is 0. The molecule has 0 spiro atoms. The Labute approximate surface area is 48.8 Å². The minimum atomic E-state index is 0.739. The van der Waals surface area contributed by atoms with Gasteiger partial charge in [-0.2, -0.15) is 0 Å². The van der Waals surface area contributed by atoms with Gasteiger partial charge in [0.1, 0.15) is 0 Å². The van der Waals surface area contributed by atoms with E-state index in [-0.39, 0.29) is 0 Å². The molecule has 2 unspecified atom stereocenters. The largest absolute Gasteiger partial charge is 0.318 e. The van der Waals surface area contributed by atoms with E-state index in [0.717, 1.165) is 25.3 Å². The minimum Gasteiger partial charge on any atom is -0.318 e. The third-order valence-electron chi connectivity index (χ3n) is 2.19. The van der Waals surface area contributed by atoms with Gasteiger partial charge in [-0.25, -0.2) is 0 Å². The van der Waals surface area contributed by atoms with Gasteiger partial charge in [0.2, 0.25) is 0 Å². The summed E-state index contributed by atoms with van der Waals surface area (Å²) in [7, 11) is 0. The second-order valence-corrected chi connectivity index (χ2v) is 2.54. The molecule has 0 saturated carbocycles. The van der Waals surface area contributed by atoms with E-state index >= 15 is 0 Å². The first-order valence-corrected chi connectivity index (χ1v) is 3.09. The summed E-state index contributed by atoms with van der Waals surface area (Å²) in [6, 6.07) is 1.58. The van der Waals surface area contributed by atoms with Gasteiger partial charge in [-0.3, -0.25) is 4.90 Å². The molecule has 0 bridgehead atoms. The number of nitrogens with zero attached hydrogens (tertiary/aromatic N) is 1. The van der Waals surface area contributed by atoms with Gasteiger partial charge in [-0.1, -0.05) is 0 Å². The van der Waals surface area contributed by atoms with Crippen molar-refractivity contribution in [1.29, 1.82) is 0 Å². The summed E-state index contributed by atoms with van der Waals surface area (Å²) < 4.78 is 0. The lowest BCUT2D eigenvalue weighted by molar-refractivity contribution is -0.0147. The summed E-state index contributed by atoms with van der Waals surface area (Å²) in [5.74, 6) is 0. The molecule has 3 heteroatoms. The van der Waals surface area contributed by atoms with Gasteiger partial charge >= 0.3 is 0 Å². The van der Waals surface area contributed by atoms with Crippen LogP contribution in [0.15, 0.2) is 0 Å². The van der Waals surface area contributed by atoms with Crippen LogP contribution in [0.5, 0.6) is 0 Å². The Morgan fingerprint density at radius 2 is 2.62 bits per heavy atom. The zero-order valence-electron chi connectivity index (χ0n) is 4.80. The molecule has 2 heterocycles. The van der Waals surface area contributed by atoms with E-state index in [0.29, 0.717) is 0 Å². The first-order valence-electron chi connectivity index (χ1n) is 3.09. The fraction of sp³-hybridized carbons (Fsp3) is 1.00. The maximum atomic E-state index is 5.42. The first-order chi connectivity index (χ1) is 3.92. The highest BCUT2D eigenvalue weighted by atomic mass is 15.4. The molecule has 3 N–H and O–H groups in total. The topological polar surface area (TPSA) is 41.3 Å². The van der Waals surface area contributed by atoms with Crippen molar-refractivity contribution in [3.63, 3.8) is 0 Å². The molecular weight excluding hydrogens is 102 g/mol. The van der Waals surface area contributed by atoms with Gasteiger partial charge in [0, 0.05) is 31.8 Å². The van der Waals surface area contributed by atoms with Crippen LogP contribution in [0.2, 0.25) is 0 Å². The van der Waals surface area contributed by atoms with Crippen molar-refractivity contribution in [3.8, 4) is 0 Å². The molecule has 0 aliphatic carbocycles. The molecule has 0 amide bonds. The average molecular weight is 113 g/mol. The summed E-state index contributed by atoms with van der Waals surface area (Å²) in [6.45, 7) is 3.06. The molecule has 0 aromatic heterocycles. The molecule has 2 rings (SSSR count). The number of piperazine rings is 1. The third-order valence-corrected chi connectivity index (χ3v) is 2.19. The van der Waals surface area contributed by atoms with Gasteiger partial charge in [0.05, 0.1) is 0 Å². The van der Waals surface area contributed by atoms with Crippen molar-refractivity contribution in [2.24, 2.45) is 5.73 Å². The Bertz CT molecular complexity index is 102. The summed E-state index contributed by atoms with van der Waals surface area (Å²) in [4.78, 5) is 2.29. The Morgan fingerprint density at radius 1 is 1.75 bits per heavy atom. The highest BCUT2D eigenvalue weighted by Gasteiger charge is 2.44. The van der Waals surface area contributed by atoms with Crippen LogP contribution < -0.4 is 11.1 Å². The normalized spacial score (nSPS) is 44.6. The van der Waals surface area contributed by atoms with E-state index in [4.69, 9.17) is 5.73 Å². The van der Waals surface area contributed by atoms with Crippen molar-refractivity contribution in [3.05, 3.63) is 0 Å². The Balaban J connectivity index is 1.89. The lowest BCUT2D eigenvalue weighted by atomic mass is 9.89.